The van der Waals surface area contributed by atoms with Gasteiger partial charge in [-0.3, -0.25) is 4.79 Å². The van der Waals surface area contributed by atoms with Crippen LogP contribution in [-0.2, 0) is 9.53 Å². The topological polar surface area (TPSA) is 55.6 Å². The molecule has 1 aromatic carbocycles. The molecule has 4 heteroatoms. The number of hydrogen-bond donors (Lipinski definition) is 1. The van der Waals surface area contributed by atoms with Gasteiger partial charge in [-0.2, -0.15) is 0 Å². The average molecular weight is 290 g/mol. The molecule has 0 bridgehead atoms. The highest BCUT2D eigenvalue weighted by atomic mass is 16.5. The Labute approximate surface area is 127 Å². The van der Waals surface area contributed by atoms with E-state index < -0.39 is 0 Å². The summed E-state index contributed by atoms with van der Waals surface area (Å²) in [6, 6.07) is 8.10. The summed E-state index contributed by atoms with van der Waals surface area (Å²) >= 11 is 0. The first kappa shape index (κ1) is 16.0. The van der Waals surface area contributed by atoms with Crippen LogP contribution >= 0.6 is 0 Å². The molecule has 1 heterocycles. The number of amides is 1. The predicted octanol–water partition coefficient (Wildman–Crippen LogP) is 2.49. The van der Waals surface area contributed by atoms with Crippen molar-refractivity contribution in [1.29, 1.82) is 0 Å². The van der Waals surface area contributed by atoms with Crippen molar-refractivity contribution in [2.45, 2.75) is 39.2 Å². The molecule has 116 valence electrons. The van der Waals surface area contributed by atoms with Gasteiger partial charge in [-0.15, -0.1) is 0 Å². The van der Waals surface area contributed by atoms with E-state index in [1.54, 1.807) is 0 Å². The Kier molecular flexibility index (Phi) is 5.76. The fourth-order valence-electron chi connectivity index (χ4n) is 2.95. The first-order chi connectivity index (χ1) is 10.2. The quantitative estimate of drug-likeness (QED) is 0.875. The van der Waals surface area contributed by atoms with Crippen LogP contribution in [0.5, 0.6) is 0 Å². The summed E-state index contributed by atoms with van der Waals surface area (Å²) in [5, 5.41) is 0. The molecule has 0 saturated carbocycles. The van der Waals surface area contributed by atoms with E-state index in [1.165, 1.54) is 0 Å². The number of hydrogen-bond acceptors (Lipinski definition) is 3. The lowest BCUT2D eigenvalue weighted by Gasteiger charge is -2.27. The summed E-state index contributed by atoms with van der Waals surface area (Å²) in [5.74, 6) is 0.159. The third kappa shape index (κ3) is 3.83. The number of anilines is 1. The average Bonchev–Trinajstić information content (AvgIpc) is 2.96. The van der Waals surface area contributed by atoms with Crippen molar-refractivity contribution in [1.82, 2.24) is 0 Å². The van der Waals surface area contributed by atoms with Gasteiger partial charge in [-0.25, -0.2) is 0 Å². The summed E-state index contributed by atoms with van der Waals surface area (Å²) in [7, 11) is 0. The Morgan fingerprint density at radius 2 is 2.29 bits per heavy atom. The van der Waals surface area contributed by atoms with Crippen LogP contribution in [0, 0.1) is 12.8 Å². The molecule has 1 saturated heterocycles. The van der Waals surface area contributed by atoms with E-state index in [1.807, 2.05) is 30.0 Å². The van der Waals surface area contributed by atoms with Crippen molar-refractivity contribution < 1.29 is 9.53 Å². The monoisotopic (exact) mass is 290 g/mol. The predicted molar refractivity (Wildman–Crippen MR) is 85.3 cm³/mol. The van der Waals surface area contributed by atoms with Gasteiger partial charge in [0.1, 0.15) is 0 Å². The van der Waals surface area contributed by atoms with Crippen LogP contribution in [-0.4, -0.2) is 31.7 Å². The second-order valence-electron chi connectivity index (χ2n) is 5.68. The molecular formula is C17H26N2O2. The molecule has 0 radical (unpaired) electrons. The molecule has 1 fully saturated rings. The van der Waals surface area contributed by atoms with Gasteiger partial charge in [0.15, 0.2) is 0 Å². The van der Waals surface area contributed by atoms with Crippen molar-refractivity contribution >= 4 is 11.6 Å². The van der Waals surface area contributed by atoms with Crippen LogP contribution in [0.1, 0.15) is 31.7 Å². The van der Waals surface area contributed by atoms with Gasteiger partial charge in [-0.05, 0) is 50.4 Å². The Bertz CT molecular complexity index is 476. The third-order valence-corrected chi connectivity index (χ3v) is 4.09. The lowest BCUT2D eigenvalue weighted by Crippen LogP contribution is -2.40. The molecule has 0 spiro atoms. The van der Waals surface area contributed by atoms with Crippen molar-refractivity contribution in [3.63, 3.8) is 0 Å². The number of ether oxygens (including phenoxy) is 1. The zero-order valence-corrected chi connectivity index (χ0v) is 13.0. The number of benzene rings is 1. The van der Waals surface area contributed by atoms with E-state index in [4.69, 9.17) is 10.5 Å². The van der Waals surface area contributed by atoms with Gasteiger partial charge in [0.25, 0.3) is 0 Å². The van der Waals surface area contributed by atoms with Crippen LogP contribution in [0.3, 0.4) is 0 Å². The third-order valence-electron chi connectivity index (χ3n) is 4.09. The molecular weight excluding hydrogens is 264 g/mol. The van der Waals surface area contributed by atoms with E-state index in [2.05, 4.69) is 13.0 Å². The van der Waals surface area contributed by atoms with Crippen molar-refractivity contribution in [2.24, 2.45) is 11.7 Å². The molecule has 1 aliphatic heterocycles. The number of carbonyl (C=O) groups excluding carboxylic acids is 1. The molecule has 1 aliphatic rings. The summed E-state index contributed by atoms with van der Waals surface area (Å²) in [6.45, 7) is 6.07. The Balaban J connectivity index is 2.20. The molecule has 4 nitrogen and oxygen atoms in total. The summed E-state index contributed by atoms with van der Waals surface area (Å²) in [4.78, 5) is 14.8. The van der Waals surface area contributed by atoms with Gasteiger partial charge in [0.05, 0.1) is 12.0 Å². The summed E-state index contributed by atoms with van der Waals surface area (Å²) < 4.78 is 5.68. The van der Waals surface area contributed by atoms with Crippen LogP contribution < -0.4 is 10.6 Å². The molecule has 1 aromatic rings. The van der Waals surface area contributed by atoms with Crippen molar-refractivity contribution in [3.05, 3.63) is 29.8 Å². The fraction of sp³-hybridized carbons (Fsp3) is 0.588. The SMILES string of the molecule is CCC1OCCC1C(=O)N(CCCN)c1cccc(C)c1. The smallest absolute Gasteiger partial charge is 0.232 e. The highest BCUT2D eigenvalue weighted by molar-refractivity contribution is 5.95. The Morgan fingerprint density at radius 3 is 2.95 bits per heavy atom. The highest BCUT2D eigenvalue weighted by Gasteiger charge is 2.35. The number of nitrogens with zero attached hydrogens (tertiary/aromatic N) is 1. The largest absolute Gasteiger partial charge is 0.377 e. The Hall–Kier alpha value is -1.39. The van der Waals surface area contributed by atoms with Gasteiger partial charge < -0.3 is 15.4 Å². The van der Waals surface area contributed by atoms with E-state index in [9.17, 15) is 4.79 Å². The molecule has 2 unspecified atom stereocenters. The normalized spacial score (nSPS) is 21.5. The lowest BCUT2D eigenvalue weighted by molar-refractivity contribution is -0.124. The van der Waals surface area contributed by atoms with Crippen LogP contribution in [0.25, 0.3) is 0 Å². The Morgan fingerprint density at radius 1 is 1.48 bits per heavy atom. The van der Waals surface area contributed by atoms with Crippen LogP contribution in [0.4, 0.5) is 5.69 Å². The van der Waals surface area contributed by atoms with E-state index in [0.717, 1.165) is 30.5 Å². The number of rotatable bonds is 6. The molecule has 2 N–H and O–H groups in total. The van der Waals surface area contributed by atoms with Gasteiger partial charge in [0.2, 0.25) is 5.91 Å². The molecule has 2 rings (SSSR count). The van der Waals surface area contributed by atoms with Crippen LogP contribution in [0.2, 0.25) is 0 Å². The first-order valence-electron chi connectivity index (χ1n) is 7.87. The molecule has 21 heavy (non-hydrogen) atoms. The first-order valence-corrected chi connectivity index (χ1v) is 7.87. The summed E-state index contributed by atoms with van der Waals surface area (Å²) in [5.41, 5.74) is 7.76. The van der Waals surface area contributed by atoms with Gasteiger partial charge in [0, 0.05) is 18.8 Å². The second kappa shape index (κ2) is 7.57. The minimum Gasteiger partial charge on any atom is -0.377 e. The van der Waals surface area contributed by atoms with E-state index in [-0.39, 0.29) is 17.9 Å². The zero-order valence-electron chi connectivity index (χ0n) is 13.0. The zero-order chi connectivity index (χ0) is 15.2. The lowest BCUT2D eigenvalue weighted by atomic mass is 9.97. The van der Waals surface area contributed by atoms with Gasteiger partial charge in [-0.1, -0.05) is 19.1 Å². The molecule has 0 aliphatic carbocycles. The fourth-order valence-corrected chi connectivity index (χ4v) is 2.95. The van der Waals surface area contributed by atoms with E-state index >= 15 is 0 Å². The van der Waals surface area contributed by atoms with Crippen LogP contribution in [0.15, 0.2) is 24.3 Å². The number of nitrogens with two attached hydrogens (primary N) is 1. The van der Waals surface area contributed by atoms with Gasteiger partial charge >= 0.3 is 0 Å². The van der Waals surface area contributed by atoms with Crippen molar-refractivity contribution in [3.8, 4) is 0 Å². The minimum absolute atomic E-state index is 0.0201. The highest BCUT2D eigenvalue weighted by Crippen LogP contribution is 2.28. The molecule has 0 aromatic heterocycles. The summed E-state index contributed by atoms with van der Waals surface area (Å²) in [6.07, 6.45) is 2.57. The molecule has 1 amide bonds. The standard InChI is InChI=1S/C17H26N2O2/c1-3-16-15(8-11-21-16)17(20)19(10-5-9-18)14-7-4-6-13(2)12-14/h4,6-7,12,15-16H,3,5,8-11,18H2,1-2H3. The van der Waals surface area contributed by atoms with Crippen molar-refractivity contribution in [2.75, 3.05) is 24.6 Å². The molecule has 2 atom stereocenters. The minimum atomic E-state index is -0.0201. The maximum absolute atomic E-state index is 12.9. The number of carbonyl (C=O) groups is 1. The number of aryl methyl sites for hydroxylation is 1. The van der Waals surface area contributed by atoms with E-state index in [0.29, 0.717) is 19.7 Å². The maximum atomic E-state index is 12.9. The second-order valence-corrected chi connectivity index (χ2v) is 5.68. The maximum Gasteiger partial charge on any atom is 0.232 e.